The highest BCUT2D eigenvalue weighted by Gasteiger charge is 2.37. The summed E-state index contributed by atoms with van der Waals surface area (Å²) < 4.78 is 13.7. The molecule has 18 heavy (non-hydrogen) atoms. The first-order valence-corrected chi connectivity index (χ1v) is 5.90. The predicted octanol–water partition coefficient (Wildman–Crippen LogP) is 1.35. The highest BCUT2D eigenvalue weighted by atomic mass is 19.1. The van der Waals surface area contributed by atoms with Crippen molar-refractivity contribution in [1.29, 1.82) is 0 Å². The highest BCUT2D eigenvalue weighted by molar-refractivity contribution is 6.52. The van der Waals surface area contributed by atoms with Crippen molar-refractivity contribution in [2.45, 2.75) is 19.9 Å². The number of hydrogen-bond donors (Lipinski definition) is 1. The summed E-state index contributed by atoms with van der Waals surface area (Å²) in [6, 6.07) is 4.45. The highest BCUT2D eigenvalue weighted by Crippen LogP contribution is 2.31. The second-order valence-corrected chi connectivity index (χ2v) is 4.53. The number of carbonyl (C=O) groups excluding carboxylic acids is 2. The molecule has 1 aliphatic heterocycles. The van der Waals surface area contributed by atoms with Crippen LogP contribution in [0.1, 0.15) is 24.2 Å². The van der Waals surface area contributed by atoms with Gasteiger partial charge in [0, 0.05) is 19.1 Å². The monoisotopic (exact) mass is 250 g/mol. The van der Waals surface area contributed by atoms with Gasteiger partial charge in [-0.25, -0.2) is 4.39 Å². The summed E-state index contributed by atoms with van der Waals surface area (Å²) in [5.41, 5.74) is 0.266. The molecule has 0 radical (unpaired) electrons. The fourth-order valence-electron chi connectivity index (χ4n) is 1.99. The second kappa shape index (κ2) is 4.86. The van der Waals surface area contributed by atoms with E-state index in [0.29, 0.717) is 6.54 Å². The van der Waals surface area contributed by atoms with E-state index in [1.807, 2.05) is 13.8 Å². The molecule has 0 aliphatic carbocycles. The first kappa shape index (κ1) is 12.7. The minimum atomic E-state index is -0.652. The molecule has 0 bridgehead atoms. The molecule has 2 rings (SSSR count). The van der Waals surface area contributed by atoms with Gasteiger partial charge in [0.05, 0.1) is 11.3 Å². The van der Waals surface area contributed by atoms with Gasteiger partial charge >= 0.3 is 0 Å². The Labute approximate surface area is 105 Å². The fraction of sp³-hybridized carbons (Fsp3) is 0.385. The summed E-state index contributed by atoms with van der Waals surface area (Å²) in [5.74, 6) is -1.81. The van der Waals surface area contributed by atoms with Gasteiger partial charge in [-0.05, 0) is 12.1 Å². The molecule has 4 nitrogen and oxygen atoms in total. The van der Waals surface area contributed by atoms with Gasteiger partial charge in [0.2, 0.25) is 0 Å². The first-order chi connectivity index (χ1) is 8.52. The first-order valence-electron chi connectivity index (χ1n) is 5.90. The van der Waals surface area contributed by atoms with Crippen LogP contribution in [0.5, 0.6) is 0 Å². The number of hydrogen-bond acceptors (Lipinski definition) is 3. The molecule has 0 fully saturated rings. The Morgan fingerprint density at radius 3 is 2.72 bits per heavy atom. The van der Waals surface area contributed by atoms with Gasteiger partial charge in [-0.1, -0.05) is 19.9 Å². The molecule has 0 atom stereocenters. The van der Waals surface area contributed by atoms with E-state index in [4.69, 9.17) is 0 Å². The Hall–Kier alpha value is -1.75. The maximum atomic E-state index is 13.7. The van der Waals surface area contributed by atoms with Crippen LogP contribution in [-0.2, 0) is 4.79 Å². The smallest absolute Gasteiger partial charge is 0.299 e. The molecular formula is C13H15FN2O2. The minimum Gasteiger partial charge on any atom is -0.313 e. The van der Waals surface area contributed by atoms with Crippen LogP contribution in [0.4, 0.5) is 10.1 Å². The van der Waals surface area contributed by atoms with Gasteiger partial charge in [-0.2, -0.15) is 0 Å². The molecule has 1 N–H and O–H groups in total. The topological polar surface area (TPSA) is 49.4 Å². The summed E-state index contributed by atoms with van der Waals surface area (Å²) in [4.78, 5) is 24.7. The molecular weight excluding hydrogens is 235 g/mol. The van der Waals surface area contributed by atoms with Crippen molar-refractivity contribution in [3.05, 3.63) is 29.6 Å². The van der Waals surface area contributed by atoms with Gasteiger partial charge in [0.25, 0.3) is 11.7 Å². The van der Waals surface area contributed by atoms with Gasteiger partial charge in [-0.3, -0.25) is 9.59 Å². The lowest BCUT2D eigenvalue weighted by Gasteiger charge is -2.18. The summed E-state index contributed by atoms with van der Waals surface area (Å²) >= 11 is 0. The van der Waals surface area contributed by atoms with Gasteiger partial charge in [-0.15, -0.1) is 0 Å². The number of fused-ring (bicyclic) bond motifs is 1. The van der Waals surface area contributed by atoms with Crippen LogP contribution in [0, 0.1) is 5.82 Å². The molecule has 0 saturated heterocycles. The van der Waals surface area contributed by atoms with Crippen molar-refractivity contribution in [2.24, 2.45) is 0 Å². The average Bonchev–Trinajstić information content (AvgIpc) is 2.55. The molecule has 1 heterocycles. The summed E-state index contributed by atoms with van der Waals surface area (Å²) in [6.45, 7) is 4.76. The lowest BCUT2D eigenvalue weighted by molar-refractivity contribution is -0.114. The molecule has 1 aromatic rings. The number of carbonyl (C=O) groups is 2. The normalized spacial score (nSPS) is 14.6. The summed E-state index contributed by atoms with van der Waals surface area (Å²) in [7, 11) is 0. The zero-order valence-corrected chi connectivity index (χ0v) is 10.4. The van der Waals surface area contributed by atoms with Crippen LogP contribution in [0.3, 0.4) is 0 Å². The minimum absolute atomic E-state index is 0.109. The Kier molecular flexibility index (Phi) is 3.43. The largest absolute Gasteiger partial charge is 0.313 e. The van der Waals surface area contributed by atoms with Crippen molar-refractivity contribution >= 4 is 17.4 Å². The zero-order valence-electron chi connectivity index (χ0n) is 10.4. The van der Waals surface area contributed by atoms with Crippen molar-refractivity contribution in [3.8, 4) is 0 Å². The lowest BCUT2D eigenvalue weighted by atomic mass is 10.1. The predicted molar refractivity (Wildman–Crippen MR) is 66.2 cm³/mol. The zero-order chi connectivity index (χ0) is 13.3. The molecule has 0 aromatic heterocycles. The summed E-state index contributed by atoms with van der Waals surface area (Å²) in [5, 5.41) is 3.13. The Balaban J connectivity index is 2.23. The number of benzene rings is 1. The molecule has 1 aromatic carbocycles. The van der Waals surface area contributed by atoms with E-state index in [-0.39, 0.29) is 23.8 Å². The van der Waals surface area contributed by atoms with Gasteiger partial charge in [0.1, 0.15) is 5.82 Å². The number of anilines is 1. The van der Waals surface area contributed by atoms with E-state index in [9.17, 15) is 14.0 Å². The van der Waals surface area contributed by atoms with Crippen LogP contribution < -0.4 is 10.2 Å². The number of amides is 1. The Morgan fingerprint density at radius 2 is 2.06 bits per heavy atom. The fourth-order valence-corrected chi connectivity index (χ4v) is 1.99. The number of rotatable bonds is 4. The van der Waals surface area contributed by atoms with Crippen LogP contribution in [-0.4, -0.2) is 30.8 Å². The maximum absolute atomic E-state index is 13.7. The lowest BCUT2D eigenvalue weighted by Crippen LogP contribution is -2.38. The molecule has 1 aliphatic rings. The van der Waals surface area contributed by atoms with Crippen molar-refractivity contribution < 1.29 is 14.0 Å². The molecule has 0 spiro atoms. The van der Waals surface area contributed by atoms with E-state index in [0.717, 1.165) is 0 Å². The van der Waals surface area contributed by atoms with Crippen LogP contribution in [0.2, 0.25) is 0 Å². The number of ketones is 1. The van der Waals surface area contributed by atoms with E-state index in [1.165, 1.54) is 23.1 Å². The number of para-hydroxylation sites is 1. The third-order valence-corrected chi connectivity index (χ3v) is 2.83. The van der Waals surface area contributed by atoms with E-state index < -0.39 is 17.5 Å². The van der Waals surface area contributed by atoms with Gasteiger partial charge in [0.15, 0.2) is 0 Å². The third-order valence-electron chi connectivity index (χ3n) is 2.83. The molecule has 0 unspecified atom stereocenters. The quantitative estimate of drug-likeness (QED) is 0.821. The molecule has 1 amide bonds. The van der Waals surface area contributed by atoms with Crippen LogP contribution in [0.15, 0.2) is 18.2 Å². The third kappa shape index (κ3) is 2.13. The Bertz CT molecular complexity index is 500. The maximum Gasteiger partial charge on any atom is 0.299 e. The van der Waals surface area contributed by atoms with E-state index >= 15 is 0 Å². The van der Waals surface area contributed by atoms with Crippen LogP contribution >= 0.6 is 0 Å². The number of Topliss-reactive ketones (excluding diaryl/α,β-unsaturated/α-hetero) is 1. The SMILES string of the molecule is CC(C)NCCN1C(=O)C(=O)c2cccc(F)c21. The second-order valence-electron chi connectivity index (χ2n) is 4.53. The molecule has 5 heteroatoms. The van der Waals surface area contributed by atoms with Crippen molar-refractivity contribution in [3.63, 3.8) is 0 Å². The number of nitrogens with zero attached hydrogens (tertiary/aromatic N) is 1. The van der Waals surface area contributed by atoms with Gasteiger partial charge < -0.3 is 10.2 Å². The van der Waals surface area contributed by atoms with Crippen molar-refractivity contribution in [2.75, 3.05) is 18.0 Å². The van der Waals surface area contributed by atoms with Crippen molar-refractivity contribution in [1.82, 2.24) is 5.32 Å². The standard InChI is InChI=1S/C13H15FN2O2/c1-8(2)15-6-7-16-11-9(12(17)13(16)18)4-3-5-10(11)14/h3-5,8,15H,6-7H2,1-2H3. The van der Waals surface area contributed by atoms with Crippen LogP contribution in [0.25, 0.3) is 0 Å². The molecule has 0 saturated carbocycles. The van der Waals surface area contributed by atoms with E-state index in [1.54, 1.807) is 0 Å². The Morgan fingerprint density at radius 1 is 1.33 bits per heavy atom. The van der Waals surface area contributed by atoms with E-state index in [2.05, 4.69) is 5.32 Å². The molecule has 96 valence electrons. The number of nitrogens with one attached hydrogen (secondary N) is 1. The number of halogens is 1. The summed E-state index contributed by atoms with van der Waals surface area (Å²) in [6.07, 6.45) is 0. The average molecular weight is 250 g/mol.